The molecular formula is C11H9ClO. The standard InChI is InChI=1S/C11H9ClO/c1-13-11-8-3-2-6-10(11)7-4-5-9-12/h2-3,5-6,8-9H,1H3/b9-5-. The average molecular weight is 193 g/mol. The lowest BCUT2D eigenvalue weighted by Crippen LogP contribution is -1.85. The van der Waals surface area contributed by atoms with Crippen molar-refractivity contribution in [2.45, 2.75) is 0 Å². The van der Waals surface area contributed by atoms with Gasteiger partial charge in [-0.15, -0.1) is 0 Å². The van der Waals surface area contributed by atoms with Crippen LogP contribution < -0.4 is 4.74 Å². The Morgan fingerprint density at radius 1 is 1.38 bits per heavy atom. The molecule has 1 rings (SSSR count). The van der Waals surface area contributed by atoms with Crippen LogP contribution in [0.25, 0.3) is 0 Å². The highest BCUT2D eigenvalue weighted by Gasteiger charge is 1.95. The molecule has 1 aromatic carbocycles. The highest BCUT2D eigenvalue weighted by atomic mass is 35.5. The van der Waals surface area contributed by atoms with E-state index in [-0.39, 0.29) is 0 Å². The fraction of sp³-hybridized carbons (Fsp3) is 0.0909. The second-order valence-electron chi connectivity index (χ2n) is 2.26. The minimum Gasteiger partial charge on any atom is -0.495 e. The van der Waals surface area contributed by atoms with Crippen LogP contribution >= 0.6 is 11.6 Å². The van der Waals surface area contributed by atoms with Gasteiger partial charge in [-0.2, -0.15) is 0 Å². The maximum atomic E-state index is 5.33. The number of benzene rings is 1. The van der Waals surface area contributed by atoms with Gasteiger partial charge in [0, 0.05) is 5.54 Å². The van der Waals surface area contributed by atoms with Gasteiger partial charge in [-0.1, -0.05) is 35.6 Å². The highest BCUT2D eigenvalue weighted by Crippen LogP contribution is 2.15. The SMILES string of the molecule is COc1ccccc1C#C/C=C\Cl. The molecule has 13 heavy (non-hydrogen) atoms. The van der Waals surface area contributed by atoms with E-state index in [1.807, 2.05) is 24.3 Å². The summed E-state index contributed by atoms with van der Waals surface area (Å²) < 4.78 is 5.12. The molecule has 0 aromatic heterocycles. The minimum atomic E-state index is 0.776. The normalized spacial score (nSPS) is 9.38. The van der Waals surface area contributed by atoms with Crippen molar-refractivity contribution in [2.75, 3.05) is 7.11 Å². The van der Waals surface area contributed by atoms with E-state index >= 15 is 0 Å². The van der Waals surface area contributed by atoms with Gasteiger partial charge >= 0.3 is 0 Å². The molecule has 66 valence electrons. The summed E-state index contributed by atoms with van der Waals surface area (Å²) in [6, 6.07) is 7.58. The summed E-state index contributed by atoms with van der Waals surface area (Å²) in [4.78, 5) is 0. The van der Waals surface area contributed by atoms with E-state index in [2.05, 4.69) is 11.8 Å². The lowest BCUT2D eigenvalue weighted by Gasteiger charge is -2.00. The van der Waals surface area contributed by atoms with Crippen molar-refractivity contribution in [1.82, 2.24) is 0 Å². The summed E-state index contributed by atoms with van der Waals surface area (Å²) in [5.41, 5.74) is 2.24. The van der Waals surface area contributed by atoms with Crippen LogP contribution in [0.1, 0.15) is 5.56 Å². The molecule has 0 atom stereocenters. The Bertz CT molecular complexity index is 358. The molecule has 1 nitrogen and oxygen atoms in total. The van der Waals surface area contributed by atoms with Crippen LogP contribution in [0.5, 0.6) is 5.75 Å². The van der Waals surface area contributed by atoms with Gasteiger partial charge in [-0.05, 0) is 18.2 Å². The first-order chi connectivity index (χ1) is 6.38. The Hall–Kier alpha value is -1.39. The van der Waals surface area contributed by atoms with Crippen LogP contribution in [0.2, 0.25) is 0 Å². The zero-order chi connectivity index (χ0) is 9.52. The molecule has 0 saturated heterocycles. The molecule has 0 amide bonds. The van der Waals surface area contributed by atoms with Crippen molar-refractivity contribution in [3.63, 3.8) is 0 Å². The van der Waals surface area contributed by atoms with E-state index in [1.54, 1.807) is 13.2 Å². The number of ether oxygens (including phenoxy) is 1. The molecule has 0 spiro atoms. The molecule has 0 saturated carbocycles. The second-order valence-corrected chi connectivity index (χ2v) is 2.51. The van der Waals surface area contributed by atoms with E-state index in [0.717, 1.165) is 11.3 Å². The summed E-state index contributed by atoms with van der Waals surface area (Å²) in [5, 5.41) is 0. The lowest BCUT2D eigenvalue weighted by molar-refractivity contribution is 0.413. The lowest BCUT2D eigenvalue weighted by atomic mass is 10.2. The molecule has 0 N–H and O–H groups in total. The van der Waals surface area contributed by atoms with Gasteiger partial charge in [0.05, 0.1) is 12.7 Å². The van der Waals surface area contributed by atoms with Gasteiger partial charge in [0.25, 0.3) is 0 Å². The molecule has 0 bridgehead atoms. The van der Waals surface area contributed by atoms with Gasteiger partial charge in [-0.25, -0.2) is 0 Å². The van der Waals surface area contributed by atoms with Crippen LogP contribution in [-0.4, -0.2) is 7.11 Å². The topological polar surface area (TPSA) is 9.23 Å². The molecule has 0 aliphatic heterocycles. The molecule has 1 aromatic rings. The fourth-order valence-corrected chi connectivity index (χ4v) is 0.962. The summed E-state index contributed by atoms with van der Waals surface area (Å²) in [6.45, 7) is 0. The van der Waals surface area contributed by atoms with E-state index in [0.29, 0.717) is 0 Å². The summed E-state index contributed by atoms with van der Waals surface area (Å²) in [7, 11) is 1.62. The number of halogens is 1. The number of hydrogen-bond acceptors (Lipinski definition) is 1. The zero-order valence-electron chi connectivity index (χ0n) is 7.25. The third-order valence-corrected chi connectivity index (χ3v) is 1.59. The van der Waals surface area contributed by atoms with Gasteiger partial charge in [0.1, 0.15) is 5.75 Å². The van der Waals surface area contributed by atoms with Crippen LogP contribution in [0.4, 0.5) is 0 Å². The van der Waals surface area contributed by atoms with Crippen molar-refractivity contribution < 1.29 is 4.74 Å². The number of para-hydroxylation sites is 1. The molecule has 2 heteroatoms. The van der Waals surface area contributed by atoms with Crippen LogP contribution in [0, 0.1) is 11.8 Å². The monoisotopic (exact) mass is 192 g/mol. The van der Waals surface area contributed by atoms with Crippen molar-refractivity contribution >= 4 is 11.6 Å². The molecule has 0 aliphatic rings. The van der Waals surface area contributed by atoms with Crippen LogP contribution in [0.15, 0.2) is 35.9 Å². The zero-order valence-corrected chi connectivity index (χ0v) is 8.01. The maximum Gasteiger partial charge on any atom is 0.134 e. The van der Waals surface area contributed by atoms with Crippen molar-refractivity contribution in [2.24, 2.45) is 0 Å². The van der Waals surface area contributed by atoms with Crippen molar-refractivity contribution in [3.05, 3.63) is 41.4 Å². The first-order valence-electron chi connectivity index (χ1n) is 3.78. The Labute approximate surface area is 83.0 Å². The first-order valence-corrected chi connectivity index (χ1v) is 4.22. The van der Waals surface area contributed by atoms with E-state index in [4.69, 9.17) is 16.3 Å². The number of hydrogen-bond donors (Lipinski definition) is 0. The minimum absolute atomic E-state index is 0.776. The molecule has 0 aliphatic carbocycles. The second kappa shape index (κ2) is 5.29. The third kappa shape index (κ3) is 2.85. The van der Waals surface area contributed by atoms with Gasteiger partial charge in [0.2, 0.25) is 0 Å². The van der Waals surface area contributed by atoms with Crippen molar-refractivity contribution in [3.8, 4) is 17.6 Å². The number of allylic oxidation sites excluding steroid dienone is 1. The molecule has 0 heterocycles. The third-order valence-electron chi connectivity index (χ3n) is 1.46. The van der Waals surface area contributed by atoms with Gasteiger partial charge < -0.3 is 4.74 Å². The largest absolute Gasteiger partial charge is 0.495 e. The van der Waals surface area contributed by atoms with Crippen LogP contribution in [0.3, 0.4) is 0 Å². The van der Waals surface area contributed by atoms with Crippen LogP contribution in [-0.2, 0) is 0 Å². The molecule has 0 fully saturated rings. The average Bonchev–Trinajstić information content (AvgIpc) is 2.19. The Balaban J connectivity index is 2.95. The number of methoxy groups -OCH3 is 1. The molecular weight excluding hydrogens is 184 g/mol. The Kier molecular flexibility index (Phi) is 3.95. The smallest absolute Gasteiger partial charge is 0.134 e. The van der Waals surface area contributed by atoms with E-state index in [1.165, 1.54) is 5.54 Å². The summed E-state index contributed by atoms with van der Waals surface area (Å²) in [6.07, 6.45) is 1.58. The summed E-state index contributed by atoms with van der Waals surface area (Å²) >= 11 is 5.33. The molecule has 0 radical (unpaired) electrons. The van der Waals surface area contributed by atoms with Crippen molar-refractivity contribution in [1.29, 1.82) is 0 Å². The Morgan fingerprint density at radius 3 is 2.85 bits per heavy atom. The fourth-order valence-electron chi connectivity index (χ4n) is 0.899. The van der Waals surface area contributed by atoms with Gasteiger partial charge in [-0.3, -0.25) is 0 Å². The van der Waals surface area contributed by atoms with E-state index < -0.39 is 0 Å². The maximum absolute atomic E-state index is 5.33. The predicted octanol–water partition coefficient (Wildman–Crippen LogP) is 2.80. The Morgan fingerprint density at radius 2 is 2.15 bits per heavy atom. The summed E-state index contributed by atoms with van der Waals surface area (Å²) in [5.74, 6) is 6.48. The van der Waals surface area contributed by atoms with Gasteiger partial charge in [0.15, 0.2) is 0 Å². The first kappa shape index (κ1) is 9.70. The number of rotatable bonds is 1. The molecule has 0 unspecified atom stereocenters. The quantitative estimate of drug-likeness (QED) is 0.622. The van der Waals surface area contributed by atoms with E-state index in [9.17, 15) is 0 Å². The predicted molar refractivity (Wildman–Crippen MR) is 54.9 cm³/mol. The highest BCUT2D eigenvalue weighted by molar-refractivity contribution is 6.25.